The van der Waals surface area contributed by atoms with Crippen LogP contribution in [0.3, 0.4) is 0 Å². The summed E-state index contributed by atoms with van der Waals surface area (Å²) >= 11 is 0. The van der Waals surface area contributed by atoms with Crippen molar-refractivity contribution in [2.75, 3.05) is 11.4 Å². The highest BCUT2D eigenvalue weighted by Crippen LogP contribution is 2.33. The van der Waals surface area contributed by atoms with Crippen LogP contribution in [0.25, 0.3) is 0 Å². The van der Waals surface area contributed by atoms with E-state index in [0.29, 0.717) is 0 Å². The number of benzene rings is 1. The Bertz CT molecular complexity index is 597. The third-order valence-corrected chi connectivity index (χ3v) is 3.84. The Morgan fingerprint density at radius 1 is 1.20 bits per heavy atom. The van der Waals surface area contributed by atoms with Gasteiger partial charge in [-0.2, -0.15) is 0 Å². The van der Waals surface area contributed by atoms with Gasteiger partial charge >= 0.3 is 0 Å². The summed E-state index contributed by atoms with van der Waals surface area (Å²) in [5.41, 5.74) is 4.31. The average molecular weight is 268 g/mol. The highest BCUT2D eigenvalue weighted by Gasteiger charge is 2.21. The normalized spacial score (nSPS) is 18.5. The number of pyridine rings is 1. The molecule has 1 aromatic heterocycles. The van der Waals surface area contributed by atoms with Crippen molar-refractivity contribution < 1.29 is 5.11 Å². The molecular weight excluding hydrogens is 248 g/mol. The van der Waals surface area contributed by atoms with Crippen molar-refractivity contribution in [2.45, 2.75) is 32.4 Å². The molecule has 3 rings (SSSR count). The Morgan fingerprint density at radius 2 is 2.05 bits per heavy atom. The van der Waals surface area contributed by atoms with Crippen LogP contribution in [0.4, 0.5) is 5.69 Å². The van der Waals surface area contributed by atoms with Gasteiger partial charge in [0.2, 0.25) is 0 Å². The molecule has 3 nitrogen and oxygen atoms in total. The van der Waals surface area contributed by atoms with E-state index < -0.39 is 0 Å². The molecule has 0 spiro atoms. The predicted molar refractivity (Wildman–Crippen MR) is 80.7 cm³/mol. The second-order valence-electron chi connectivity index (χ2n) is 5.41. The van der Waals surface area contributed by atoms with Crippen LogP contribution < -0.4 is 4.90 Å². The number of aliphatic hydroxyl groups excluding tert-OH is 1. The molecule has 0 aliphatic carbocycles. The molecule has 2 aromatic rings. The van der Waals surface area contributed by atoms with Crippen molar-refractivity contribution in [3.8, 4) is 0 Å². The summed E-state index contributed by atoms with van der Waals surface area (Å²) in [5, 5.41) is 10.2. The van der Waals surface area contributed by atoms with Gasteiger partial charge in [0.15, 0.2) is 0 Å². The van der Waals surface area contributed by atoms with Crippen molar-refractivity contribution >= 4 is 5.69 Å². The molecule has 1 aromatic carbocycles. The monoisotopic (exact) mass is 268 g/mol. The lowest BCUT2D eigenvalue weighted by atomic mass is 10.0. The van der Waals surface area contributed by atoms with E-state index in [2.05, 4.69) is 28.1 Å². The second-order valence-corrected chi connectivity index (χ2v) is 5.41. The Balaban J connectivity index is 1.91. The van der Waals surface area contributed by atoms with E-state index in [9.17, 15) is 5.11 Å². The minimum atomic E-state index is -0.346. The number of aromatic nitrogens is 1. The third kappa shape index (κ3) is 2.68. The first-order valence-corrected chi connectivity index (χ1v) is 7.18. The van der Waals surface area contributed by atoms with Crippen LogP contribution in [0.2, 0.25) is 0 Å². The van der Waals surface area contributed by atoms with Crippen LogP contribution in [-0.2, 0) is 6.54 Å². The standard InChI is InChI=1S/C17H20N2O/c1-13-6-4-7-14(18-13)12-19-11-5-10-17(20)15-8-2-3-9-16(15)19/h2-4,6-9,17,20H,5,10-12H2,1H3. The van der Waals surface area contributed by atoms with Gasteiger partial charge in [-0.3, -0.25) is 4.98 Å². The summed E-state index contributed by atoms with van der Waals surface area (Å²) in [6.45, 7) is 3.78. The summed E-state index contributed by atoms with van der Waals surface area (Å²) in [4.78, 5) is 6.91. The molecule has 20 heavy (non-hydrogen) atoms. The number of rotatable bonds is 2. The van der Waals surface area contributed by atoms with Gasteiger partial charge in [-0.05, 0) is 38.0 Å². The minimum absolute atomic E-state index is 0.346. The lowest BCUT2D eigenvalue weighted by molar-refractivity contribution is 0.168. The molecule has 104 valence electrons. The van der Waals surface area contributed by atoms with Gasteiger partial charge < -0.3 is 10.0 Å². The topological polar surface area (TPSA) is 36.4 Å². The van der Waals surface area contributed by atoms with Gasteiger partial charge in [-0.25, -0.2) is 0 Å². The maximum absolute atomic E-state index is 10.2. The Morgan fingerprint density at radius 3 is 2.90 bits per heavy atom. The number of aliphatic hydroxyl groups is 1. The summed E-state index contributed by atoms with van der Waals surface area (Å²) < 4.78 is 0. The van der Waals surface area contributed by atoms with Crippen LogP contribution >= 0.6 is 0 Å². The number of nitrogens with zero attached hydrogens (tertiary/aromatic N) is 2. The van der Waals surface area contributed by atoms with Crippen LogP contribution in [0.15, 0.2) is 42.5 Å². The fourth-order valence-electron chi connectivity index (χ4n) is 2.86. The molecule has 1 unspecified atom stereocenters. The number of anilines is 1. The smallest absolute Gasteiger partial charge is 0.0810 e. The van der Waals surface area contributed by atoms with Crippen LogP contribution in [0.5, 0.6) is 0 Å². The van der Waals surface area contributed by atoms with Gasteiger partial charge in [0, 0.05) is 23.5 Å². The summed E-state index contributed by atoms with van der Waals surface area (Å²) in [6, 6.07) is 14.3. The van der Waals surface area contributed by atoms with Crippen molar-refractivity contribution in [3.63, 3.8) is 0 Å². The van der Waals surface area contributed by atoms with Crippen LogP contribution in [-0.4, -0.2) is 16.6 Å². The molecular formula is C17H20N2O. The second kappa shape index (κ2) is 5.63. The maximum atomic E-state index is 10.2. The van der Waals surface area contributed by atoms with Crippen molar-refractivity contribution in [1.29, 1.82) is 0 Å². The zero-order chi connectivity index (χ0) is 13.9. The van der Waals surface area contributed by atoms with E-state index in [1.807, 2.05) is 31.2 Å². The van der Waals surface area contributed by atoms with Gasteiger partial charge in [-0.15, -0.1) is 0 Å². The lowest BCUT2D eigenvalue weighted by Crippen LogP contribution is -2.24. The van der Waals surface area contributed by atoms with E-state index >= 15 is 0 Å². The Labute approximate surface area is 119 Å². The van der Waals surface area contributed by atoms with Crippen LogP contribution in [0, 0.1) is 6.92 Å². The zero-order valence-corrected chi connectivity index (χ0v) is 11.8. The molecule has 1 N–H and O–H groups in total. The number of para-hydroxylation sites is 1. The highest BCUT2D eigenvalue weighted by molar-refractivity contribution is 5.55. The molecule has 1 aliphatic heterocycles. The molecule has 0 saturated carbocycles. The number of hydrogen-bond donors (Lipinski definition) is 1. The van der Waals surface area contributed by atoms with Gasteiger partial charge in [0.05, 0.1) is 18.3 Å². The number of fused-ring (bicyclic) bond motifs is 1. The van der Waals surface area contributed by atoms with Crippen molar-refractivity contribution in [3.05, 3.63) is 59.4 Å². The first-order chi connectivity index (χ1) is 9.74. The van der Waals surface area contributed by atoms with E-state index in [0.717, 1.165) is 48.6 Å². The van der Waals surface area contributed by atoms with Gasteiger partial charge in [-0.1, -0.05) is 24.3 Å². The third-order valence-electron chi connectivity index (χ3n) is 3.84. The molecule has 0 bridgehead atoms. The molecule has 0 fully saturated rings. The molecule has 1 aliphatic rings. The molecule has 1 atom stereocenters. The average Bonchev–Trinajstić information content (AvgIpc) is 2.60. The first kappa shape index (κ1) is 13.1. The predicted octanol–water partition coefficient (Wildman–Crippen LogP) is 3.22. The minimum Gasteiger partial charge on any atom is -0.388 e. The largest absolute Gasteiger partial charge is 0.388 e. The summed E-state index contributed by atoms with van der Waals surface area (Å²) in [6.07, 6.45) is 1.48. The SMILES string of the molecule is Cc1cccc(CN2CCCC(O)c3ccccc32)n1. The first-order valence-electron chi connectivity index (χ1n) is 7.18. The van der Waals surface area contributed by atoms with E-state index in [1.165, 1.54) is 0 Å². The van der Waals surface area contributed by atoms with E-state index in [1.54, 1.807) is 0 Å². The lowest BCUT2D eigenvalue weighted by Gasteiger charge is -2.25. The molecule has 3 heteroatoms. The van der Waals surface area contributed by atoms with E-state index in [-0.39, 0.29) is 6.10 Å². The van der Waals surface area contributed by atoms with Crippen molar-refractivity contribution in [1.82, 2.24) is 4.98 Å². The van der Waals surface area contributed by atoms with Gasteiger partial charge in [0.25, 0.3) is 0 Å². The quantitative estimate of drug-likeness (QED) is 0.908. The zero-order valence-electron chi connectivity index (χ0n) is 11.8. The number of hydrogen-bond acceptors (Lipinski definition) is 3. The molecule has 2 heterocycles. The fraction of sp³-hybridized carbons (Fsp3) is 0.353. The fourth-order valence-corrected chi connectivity index (χ4v) is 2.86. The van der Waals surface area contributed by atoms with Gasteiger partial charge in [0.1, 0.15) is 0 Å². The molecule has 0 radical (unpaired) electrons. The molecule has 0 amide bonds. The Kier molecular flexibility index (Phi) is 3.70. The summed E-state index contributed by atoms with van der Waals surface area (Å²) in [5.74, 6) is 0. The summed E-state index contributed by atoms with van der Waals surface area (Å²) in [7, 11) is 0. The Hall–Kier alpha value is -1.87. The van der Waals surface area contributed by atoms with Crippen LogP contribution in [0.1, 0.15) is 35.9 Å². The number of aryl methyl sites for hydroxylation is 1. The van der Waals surface area contributed by atoms with E-state index in [4.69, 9.17) is 0 Å². The molecule has 0 saturated heterocycles. The van der Waals surface area contributed by atoms with Crippen molar-refractivity contribution in [2.24, 2.45) is 0 Å². The highest BCUT2D eigenvalue weighted by atomic mass is 16.3. The maximum Gasteiger partial charge on any atom is 0.0810 e.